The van der Waals surface area contributed by atoms with E-state index in [0.29, 0.717) is 0 Å². The molecule has 0 saturated heterocycles. The van der Waals surface area contributed by atoms with Gasteiger partial charge >= 0.3 is 0 Å². The Labute approximate surface area is 120 Å². The lowest BCUT2D eigenvalue weighted by molar-refractivity contribution is 0.903. The van der Waals surface area contributed by atoms with Crippen molar-refractivity contribution in [3.05, 3.63) is 51.3 Å². The molecule has 5 heteroatoms. The molecule has 2 heterocycles. The Morgan fingerprint density at radius 2 is 1.89 bits per heavy atom. The highest BCUT2D eigenvalue weighted by atomic mass is 35.5. The maximum Gasteiger partial charge on any atom is 0.155 e. The van der Waals surface area contributed by atoms with Gasteiger partial charge in [0.25, 0.3) is 0 Å². The summed E-state index contributed by atoms with van der Waals surface area (Å²) in [7, 11) is 0. The van der Waals surface area contributed by atoms with E-state index in [2.05, 4.69) is 10.1 Å². The summed E-state index contributed by atoms with van der Waals surface area (Å²) in [6, 6.07) is 9.66. The lowest BCUT2D eigenvalue weighted by Gasteiger charge is -2.01. The zero-order chi connectivity index (χ0) is 13.6. The first kappa shape index (κ1) is 12.4. The highest BCUT2D eigenvalue weighted by Crippen LogP contribution is 2.22. The van der Waals surface area contributed by atoms with Crippen LogP contribution >= 0.6 is 23.8 Å². The summed E-state index contributed by atoms with van der Waals surface area (Å²) in [5.41, 5.74) is 4.85. The second-order valence-electron chi connectivity index (χ2n) is 4.50. The Morgan fingerprint density at radius 3 is 2.58 bits per heavy atom. The Bertz CT molecular complexity index is 815. The fraction of sp³-hybridized carbons (Fsp3) is 0.143. The first-order valence-corrected chi connectivity index (χ1v) is 6.70. The van der Waals surface area contributed by atoms with Crippen molar-refractivity contribution >= 4 is 29.5 Å². The van der Waals surface area contributed by atoms with Crippen LogP contribution in [0.1, 0.15) is 11.3 Å². The van der Waals surface area contributed by atoms with Crippen molar-refractivity contribution in [3.8, 4) is 11.3 Å². The molecular formula is C14H12ClN3S. The number of halogens is 1. The Hall–Kier alpha value is -1.65. The number of fused-ring (bicyclic) bond motifs is 1. The minimum atomic E-state index is 0.723. The summed E-state index contributed by atoms with van der Waals surface area (Å²) in [4.78, 5) is 4.54. The van der Waals surface area contributed by atoms with Gasteiger partial charge in [-0.1, -0.05) is 36.0 Å². The molecule has 96 valence electrons. The van der Waals surface area contributed by atoms with Crippen LogP contribution in [0, 0.1) is 18.5 Å². The first-order chi connectivity index (χ1) is 9.06. The maximum absolute atomic E-state index is 5.90. The number of nitrogens with zero attached hydrogens (tertiary/aromatic N) is 2. The Morgan fingerprint density at radius 1 is 1.21 bits per heavy atom. The largest absolute Gasteiger partial charge is 0.291 e. The molecule has 0 radical (unpaired) electrons. The third-order valence-corrected chi connectivity index (χ3v) is 3.98. The van der Waals surface area contributed by atoms with E-state index in [-0.39, 0.29) is 0 Å². The number of rotatable bonds is 1. The normalized spacial score (nSPS) is 11.1. The molecule has 3 nitrogen and oxygen atoms in total. The van der Waals surface area contributed by atoms with E-state index in [1.807, 2.05) is 48.7 Å². The zero-order valence-electron chi connectivity index (χ0n) is 10.6. The van der Waals surface area contributed by atoms with Crippen LogP contribution in [0.15, 0.2) is 30.3 Å². The van der Waals surface area contributed by atoms with Crippen molar-refractivity contribution in [2.75, 3.05) is 0 Å². The van der Waals surface area contributed by atoms with E-state index >= 15 is 0 Å². The lowest BCUT2D eigenvalue weighted by Crippen LogP contribution is -1.98. The molecule has 0 saturated carbocycles. The minimum Gasteiger partial charge on any atom is -0.291 e. The van der Waals surface area contributed by atoms with Gasteiger partial charge in [0.15, 0.2) is 5.65 Å². The SMILES string of the molecule is Cc1nc2cc(-c3ccc(Cl)cc3)[nH]n2c(=S)c1C. The minimum absolute atomic E-state index is 0.723. The topological polar surface area (TPSA) is 33.1 Å². The number of benzene rings is 1. The molecule has 0 unspecified atom stereocenters. The van der Waals surface area contributed by atoms with Crippen LogP contribution < -0.4 is 0 Å². The highest BCUT2D eigenvalue weighted by Gasteiger charge is 2.07. The number of aromatic nitrogens is 3. The van der Waals surface area contributed by atoms with Gasteiger partial charge in [-0.2, -0.15) is 0 Å². The average molecular weight is 290 g/mol. The lowest BCUT2D eigenvalue weighted by atomic mass is 10.1. The molecule has 0 bridgehead atoms. The average Bonchev–Trinajstić information content (AvgIpc) is 2.81. The van der Waals surface area contributed by atoms with Crippen molar-refractivity contribution in [2.45, 2.75) is 13.8 Å². The van der Waals surface area contributed by atoms with E-state index in [9.17, 15) is 0 Å². The number of hydrogen-bond donors (Lipinski definition) is 1. The highest BCUT2D eigenvalue weighted by molar-refractivity contribution is 7.71. The molecule has 0 fully saturated rings. The second kappa shape index (κ2) is 4.47. The molecule has 0 aliphatic heterocycles. The predicted octanol–water partition coefficient (Wildman–Crippen LogP) is 4.33. The molecule has 0 aliphatic rings. The molecule has 0 atom stereocenters. The van der Waals surface area contributed by atoms with Crippen LogP contribution in [0.2, 0.25) is 5.02 Å². The zero-order valence-corrected chi connectivity index (χ0v) is 12.1. The van der Waals surface area contributed by atoms with Crippen LogP contribution in [-0.2, 0) is 0 Å². The van der Waals surface area contributed by atoms with E-state index in [1.165, 1.54) is 0 Å². The third-order valence-electron chi connectivity index (χ3n) is 3.24. The summed E-state index contributed by atoms with van der Waals surface area (Å²) in [5, 5.41) is 4.00. The van der Waals surface area contributed by atoms with E-state index in [1.54, 1.807) is 0 Å². The first-order valence-electron chi connectivity index (χ1n) is 5.91. The smallest absolute Gasteiger partial charge is 0.155 e. The van der Waals surface area contributed by atoms with Crippen molar-refractivity contribution in [1.82, 2.24) is 14.6 Å². The Kier molecular flexibility index (Phi) is 2.92. The molecule has 19 heavy (non-hydrogen) atoms. The van der Waals surface area contributed by atoms with Crippen LogP contribution in [0.25, 0.3) is 16.9 Å². The van der Waals surface area contributed by atoms with Crippen LogP contribution in [0.5, 0.6) is 0 Å². The van der Waals surface area contributed by atoms with Crippen molar-refractivity contribution in [3.63, 3.8) is 0 Å². The number of aryl methyl sites for hydroxylation is 1. The summed E-state index contributed by atoms with van der Waals surface area (Å²) in [6.07, 6.45) is 0. The van der Waals surface area contributed by atoms with Crippen LogP contribution in [0.4, 0.5) is 0 Å². The molecule has 2 aromatic heterocycles. The number of nitrogens with one attached hydrogen (secondary N) is 1. The molecule has 1 aromatic carbocycles. The van der Waals surface area contributed by atoms with Crippen molar-refractivity contribution < 1.29 is 0 Å². The standard InChI is InChI=1S/C14H12ClN3S/c1-8-9(2)16-13-7-12(17-18(13)14(8)19)10-3-5-11(15)6-4-10/h3-7,17H,1-2H3. The van der Waals surface area contributed by atoms with E-state index in [4.69, 9.17) is 23.8 Å². The third kappa shape index (κ3) is 2.07. The van der Waals surface area contributed by atoms with Gasteiger partial charge in [0.2, 0.25) is 0 Å². The second-order valence-corrected chi connectivity index (χ2v) is 5.32. The maximum atomic E-state index is 5.90. The molecule has 0 spiro atoms. The summed E-state index contributed by atoms with van der Waals surface area (Å²) in [5.74, 6) is 0. The quantitative estimate of drug-likeness (QED) is 0.677. The molecule has 0 aliphatic carbocycles. The molecule has 0 amide bonds. The molecule has 3 aromatic rings. The molecule has 3 rings (SSSR count). The summed E-state index contributed by atoms with van der Waals surface area (Å²) < 4.78 is 2.60. The Balaban J connectivity index is 2.25. The number of aromatic amines is 1. The molecular weight excluding hydrogens is 278 g/mol. The van der Waals surface area contributed by atoms with Crippen molar-refractivity contribution in [2.24, 2.45) is 0 Å². The summed E-state index contributed by atoms with van der Waals surface area (Å²) in [6.45, 7) is 3.96. The van der Waals surface area contributed by atoms with Gasteiger partial charge in [0.1, 0.15) is 4.64 Å². The van der Waals surface area contributed by atoms with Gasteiger partial charge < -0.3 is 0 Å². The van der Waals surface area contributed by atoms with Crippen molar-refractivity contribution in [1.29, 1.82) is 0 Å². The van der Waals surface area contributed by atoms with Gasteiger partial charge in [-0.25, -0.2) is 9.50 Å². The van der Waals surface area contributed by atoms with Crippen LogP contribution in [0.3, 0.4) is 0 Å². The van der Waals surface area contributed by atoms with Gasteiger partial charge in [-0.05, 0) is 31.5 Å². The van der Waals surface area contributed by atoms with E-state index < -0.39 is 0 Å². The van der Waals surface area contributed by atoms with E-state index in [0.717, 1.165) is 37.8 Å². The van der Waals surface area contributed by atoms with Gasteiger partial charge in [0, 0.05) is 22.3 Å². The fourth-order valence-electron chi connectivity index (χ4n) is 2.00. The van der Waals surface area contributed by atoms with Gasteiger partial charge in [-0.3, -0.25) is 5.10 Å². The summed E-state index contributed by atoms with van der Waals surface area (Å²) >= 11 is 11.3. The van der Waals surface area contributed by atoms with Gasteiger partial charge in [0.05, 0.1) is 5.69 Å². The monoisotopic (exact) mass is 289 g/mol. The fourth-order valence-corrected chi connectivity index (χ4v) is 2.41. The van der Waals surface area contributed by atoms with Crippen LogP contribution in [-0.4, -0.2) is 14.6 Å². The molecule has 1 N–H and O–H groups in total. The number of H-pyrrole nitrogens is 1. The predicted molar refractivity (Wildman–Crippen MR) is 80.3 cm³/mol. The van der Waals surface area contributed by atoms with Gasteiger partial charge in [-0.15, -0.1) is 0 Å². The number of hydrogen-bond acceptors (Lipinski definition) is 2.